The molecule has 0 saturated heterocycles. The van der Waals surface area contributed by atoms with Gasteiger partial charge in [-0.2, -0.15) is 0 Å². The first-order valence-electron chi connectivity index (χ1n) is 5.29. The van der Waals surface area contributed by atoms with E-state index in [0.717, 1.165) is 16.7 Å². The standard InChI is InChI=1S/C11H17BrN2/c1-2-3-4-5-6-7-11-13-8-10(12)9-14-11/h8-9H,2-7H2,1H3. The quantitative estimate of drug-likeness (QED) is 0.725. The zero-order valence-electron chi connectivity index (χ0n) is 8.67. The van der Waals surface area contributed by atoms with Gasteiger partial charge >= 0.3 is 0 Å². The van der Waals surface area contributed by atoms with Crippen molar-refractivity contribution in [3.05, 3.63) is 22.7 Å². The van der Waals surface area contributed by atoms with Crippen molar-refractivity contribution < 1.29 is 0 Å². The van der Waals surface area contributed by atoms with Crippen LogP contribution in [-0.2, 0) is 6.42 Å². The molecule has 0 spiro atoms. The molecular weight excluding hydrogens is 240 g/mol. The van der Waals surface area contributed by atoms with E-state index < -0.39 is 0 Å². The lowest BCUT2D eigenvalue weighted by Gasteiger charge is -1.99. The van der Waals surface area contributed by atoms with Crippen molar-refractivity contribution in [3.8, 4) is 0 Å². The molecule has 1 heterocycles. The minimum absolute atomic E-state index is 0.951. The Kier molecular flexibility index (Phi) is 5.76. The first-order chi connectivity index (χ1) is 6.83. The lowest BCUT2D eigenvalue weighted by molar-refractivity contribution is 0.622. The predicted octanol–water partition coefficient (Wildman–Crippen LogP) is 3.75. The summed E-state index contributed by atoms with van der Waals surface area (Å²) < 4.78 is 0.951. The highest BCUT2D eigenvalue weighted by atomic mass is 79.9. The van der Waals surface area contributed by atoms with Gasteiger partial charge in [-0.1, -0.05) is 32.6 Å². The minimum atomic E-state index is 0.951. The van der Waals surface area contributed by atoms with Gasteiger partial charge in [-0.3, -0.25) is 0 Å². The summed E-state index contributed by atoms with van der Waals surface area (Å²) in [6, 6.07) is 0. The molecule has 0 fully saturated rings. The molecule has 1 aromatic rings. The van der Waals surface area contributed by atoms with Crippen molar-refractivity contribution in [2.45, 2.75) is 45.4 Å². The fourth-order valence-electron chi connectivity index (χ4n) is 1.35. The first kappa shape index (κ1) is 11.6. The molecule has 0 aliphatic carbocycles. The predicted molar refractivity (Wildman–Crippen MR) is 62.2 cm³/mol. The summed E-state index contributed by atoms with van der Waals surface area (Å²) in [4.78, 5) is 8.48. The van der Waals surface area contributed by atoms with Crippen molar-refractivity contribution in [2.24, 2.45) is 0 Å². The van der Waals surface area contributed by atoms with Crippen LogP contribution in [0, 0.1) is 0 Å². The number of halogens is 1. The normalized spacial score (nSPS) is 10.4. The van der Waals surface area contributed by atoms with Crippen molar-refractivity contribution in [1.29, 1.82) is 0 Å². The average Bonchev–Trinajstić information content (AvgIpc) is 2.21. The van der Waals surface area contributed by atoms with Gasteiger partial charge in [0.05, 0.1) is 4.47 Å². The Balaban J connectivity index is 2.15. The van der Waals surface area contributed by atoms with Gasteiger partial charge < -0.3 is 0 Å². The van der Waals surface area contributed by atoms with Crippen LogP contribution in [0.3, 0.4) is 0 Å². The first-order valence-corrected chi connectivity index (χ1v) is 6.08. The lowest BCUT2D eigenvalue weighted by atomic mass is 10.1. The van der Waals surface area contributed by atoms with E-state index in [-0.39, 0.29) is 0 Å². The zero-order chi connectivity index (χ0) is 10.2. The number of aromatic nitrogens is 2. The Labute approximate surface area is 94.3 Å². The number of unbranched alkanes of at least 4 members (excludes halogenated alkanes) is 4. The molecule has 78 valence electrons. The van der Waals surface area contributed by atoms with E-state index in [4.69, 9.17) is 0 Å². The summed E-state index contributed by atoms with van der Waals surface area (Å²) in [5.41, 5.74) is 0. The maximum Gasteiger partial charge on any atom is 0.128 e. The minimum Gasteiger partial charge on any atom is -0.240 e. The third-order valence-electron chi connectivity index (χ3n) is 2.18. The van der Waals surface area contributed by atoms with Gasteiger partial charge in [-0.25, -0.2) is 9.97 Å². The molecule has 0 amide bonds. The second-order valence-electron chi connectivity index (χ2n) is 3.48. The summed E-state index contributed by atoms with van der Waals surface area (Å²) in [6.07, 6.45) is 11.1. The molecule has 0 atom stereocenters. The molecule has 3 heteroatoms. The molecule has 14 heavy (non-hydrogen) atoms. The van der Waals surface area contributed by atoms with Crippen LogP contribution in [0.25, 0.3) is 0 Å². The summed E-state index contributed by atoms with van der Waals surface area (Å²) in [5.74, 6) is 0.963. The van der Waals surface area contributed by atoms with Crippen LogP contribution < -0.4 is 0 Å². The molecule has 0 aromatic carbocycles. The summed E-state index contributed by atoms with van der Waals surface area (Å²) in [7, 11) is 0. The molecule has 1 aromatic heterocycles. The Morgan fingerprint density at radius 3 is 2.36 bits per heavy atom. The Morgan fingerprint density at radius 1 is 1.07 bits per heavy atom. The maximum atomic E-state index is 4.24. The molecule has 0 bridgehead atoms. The van der Waals surface area contributed by atoms with Crippen LogP contribution in [0.15, 0.2) is 16.9 Å². The number of hydrogen-bond donors (Lipinski definition) is 0. The van der Waals surface area contributed by atoms with E-state index in [1.807, 2.05) is 12.4 Å². The lowest BCUT2D eigenvalue weighted by Crippen LogP contribution is -1.93. The number of hydrogen-bond acceptors (Lipinski definition) is 2. The number of nitrogens with zero attached hydrogens (tertiary/aromatic N) is 2. The summed E-state index contributed by atoms with van der Waals surface area (Å²) in [6.45, 7) is 2.23. The molecule has 0 N–H and O–H groups in total. The van der Waals surface area contributed by atoms with Gasteiger partial charge in [-0.05, 0) is 22.4 Å². The van der Waals surface area contributed by atoms with Gasteiger partial charge in [0.15, 0.2) is 0 Å². The van der Waals surface area contributed by atoms with Crippen molar-refractivity contribution >= 4 is 15.9 Å². The molecule has 0 aliphatic heterocycles. The van der Waals surface area contributed by atoms with Gasteiger partial charge in [0.1, 0.15) is 5.82 Å². The van der Waals surface area contributed by atoms with Crippen molar-refractivity contribution in [1.82, 2.24) is 9.97 Å². The topological polar surface area (TPSA) is 25.8 Å². The molecule has 0 saturated carbocycles. The van der Waals surface area contributed by atoms with E-state index in [1.54, 1.807) is 0 Å². The highest BCUT2D eigenvalue weighted by molar-refractivity contribution is 9.10. The van der Waals surface area contributed by atoms with Gasteiger partial charge in [0, 0.05) is 18.8 Å². The molecular formula is C11H17BrN2. The molecule has 2 nitrogen and oxygen atoms in total. The highest BCUT2D eigenvalue weighted by Crippen LogP contribution is 2.08. The molecule has 0 aliphatic rings. The van der Waals surface area contributed by atoms with Crippen LogP contribution in [-0.4, -0.2) is 9.97 Å². The van der Waals surface area contributed by atoms with Crippen LogP contribution >= 0.6 is 15.9 Å². The van der Waals surface area contributed by atoms with Crippen LogP contribution in [0.2, 0.25) is 0 Å². The van der Waals surface area contributed by atoms with Crippen LogP contribution in [0.4, 0.5) is 0 Å². The highest BCUT2D eigenvalue weighted by Gasteiger charge is 1.96. The maximum absolute atomic E-state index is 4.24. The second-order valence-corrected chi connectivity index (χ2v) is 4.40. The summed E-state index contributed by atoms with van der Waals surface area (Å²) >= 11 is 3.32. The van der Waals surface area contributed by atoms with Gasteiger partial charge in [-0.15, -0.1) is 0 Å². The molecule has 0 unspecified atom stereocenters. The SMILES string of the molecule is CCCCCCCc1ncc(Br)cn1. The second kappa shape index (κ2) is 6.93. The van der Waals surface area contributed by atoms with Crippen LogP contribution in [0.5, 0.6) is 0 Å². The molecule has 0 radical (unpaired) electrons. The Hall–Kier alpha value is -0.440. The number of aryl methyl sites for hydroxylation is 1. The van der Waals surface area contributed by atoms with Crippen molar-refractivity contribution in [2.75, 3.05) is 0 Å². The smallest absolute Gasteiger partial charge is 0.128 e. The van der Waals surface area contributed by atoms with Gasteiger partial charge in [0.2, 0.25) is 0 Å². The van der Waals surface area contributed by atoms with E-state index in [1.165, 1.54) is 32.1 Å². The van der Waals surface area contributed by atoms with E-state index in [9.17, 15) is 0 Å². The summed E-state index contributed by atoms with van der Waals surface area (Å²) in [5, 5.41) is 0. The largest absolute Gasteiger partial charge is 0.240 e. The Bertz CT molecular complexity index is 246. The van der Waals surface area contributed by atoms with E-state index >= 15 is 0 Å². The third-order valence-corrected chi connectivity index (χ3v) is 2.59. The fourth-order valence-corrected chi connectivity index (χ4v) is 1.56. The van der Waals surface area contributed by atoms with Crippen LogP contribution in [0.1, 0.15) is 44.9 Å². The zero-order valence-corrected chi connectivity index (χ0v) is 10.3. The monoisotopic (exact) mass is 256 g/mol. The average molecular weight is 257 g/mol. The molecule has 1 rings (SSSR count). The number of rotatable bonds is 6. The third kappa shape index (κ3) is 4.70. The van der Waals surface area contributed by atoms with Gasteiger partial charge in [0.25, 0.3) is 0 Å². The van der Waals surface area contributed by atoms with Crippen molar-refractivity contribution in [3.63, 3.8) is 0 Å². The fraction of sp³-hybridized carbons (Fsp3) is 0.636. The Morgan fingerprint density at radius 2 is 1.71 bits per heavy atom. The van der Waals surface area contributed by atoms with E-state index in [0.29, 0.717) is 0 Å². The van der Waals surface area contributed by atoms with E-state index in [2.05, 4.69) is 32.8 Å².